The Morgan fingerprint density at radius 2 is 1.57 bits per heavy atom. The van der Waals surface area contributed by atoms with Crippen molar-refractivity contribution >= 4 is 22.9 Å². The number of fused-ring (bicyclic) bond motifs is 1. The maximum atomic E-state index is 12.9. The van der Waals surface area contributed by atoms with Gasteiger partial charge in [0.15, 0.2) is 11.5 Å². The van der Waals surface area contributed by atoms with Gasteiger partial charge in [-0.15, -0.1) is 0 Å². The van der Waals surface area contributed by atoms with E-state index in [-0.39, 0.29) is 12.1 Å². The second-order valence-electron chi connectivity index (χ2n) is 12.2. The van der Waals surface area contributed by atoms with E-state index < -0.39 is 5.60 Å². The summed E-state index contributed by atoms with van der Waals surface area (Å²) in [6, 6.07) is 26.8. The van der Waals surface area contributed by atoms with Crippen LogP contribution >= 0.6 is 0 Å². The van der Waals surface area contributed by atoms with Crippen molar-refractivity contribution in [1.82, 2.24) is 19.7 Å². The molecule has 6 rings (SSSR count). The minimum atomic E-state index is -0.558. The predicted molar refractivity (Wildman–Crippen MR) is 177 cm³/mol. The number of carbonyl (C=O) groups excluding carboxylic acids is 1. The van der Waals surface area contributed by atoms with E-state index in [1.165, 1.54) is 0 Å². The molecule has 1 amide bonds. The van der Waals surface area contributed by atoms with E-state index in [2.05, 4.69) is 5.32 Å². The Balaban J connectivity index is 1.27. The van der Waals surface area contributed by atoms with Crippen LogP contribution in [-0.2, 0) is 11.3 Å². The molecule has 0 bridgehead atoms. The van der Waals surface area contributed by atoms with E-state index in [1.807, 2.05) is 115 Å². The molecule has 238 valence electrons. The summed E-state index contributed by atoms with van der Waals surface area (Å²) >= 11 is 0. The molecule has 1 aliphatic rings. The molecule has 46 heavy (non-hydrogen) atoms. The van der Waals surface area contributed by atoms with Crippen LogP contribution in [0.2, 0.25) is 0 Å². The normalized spacial score (nSPS) is 14.7. The van der Waals surface area contributed by atoms with Gasteiger partial charge in [-0.05, 0) is 87.7 Å². The average Bonchev–Trinajstić information content (AvgIpc) is 3.66. The molecule has 1 N–H and O–H groups in total. The molecule has 1 atom stereocenters. The quantitative estimate of drug-likeness (QED) is 0.168. The number of nitrogens with one attached hydrogen (secondary N) is 1. The first-order chi connectivity index (χ1) is 22.3. The highest BCUT2D eigenvalue weighted by Crippen LogP contribution is 2.36. The number of ether oxygens (including phenoxy) is 4. The lowest BCUT2D eigenvalue weighted by Crippen LogP contribution is -2.42. The molecular weight excluding hydrogens is 582 g/mol. The number of aromatic nitrogens is 3. The first-order valence-electron chi connectivity index (χ1n) is 15.5. The van der Waals surface area contributed by atoms with Crippen LogP contribution in [0, 0.1) is 0 Å². The topological polar surface area (TPSA) is 100.0 Å². The lowest BCUT2D eigenvalue weighted by molar-refractivity contribution is 0.0235. The minimum Gasteiger partial charge on any atom is -0.497 e. The van der Waals surface area contributed by atoms with Crippen molar-refractivity contribution in [3.05, 3.63) is 96.7 Å². The van der Waals surface area contributed by atoms with Gasteiger partial charge in [-0.2, -0.15) is 5.10 Å². The second kappa shape index (κ2) is 13.4. The zero-order valence-electron chi connectivity index (χ0n) is 26.6. The molecule has 1 unspecified atom stereocenters. The van der Waals surface area contributed by atoms with Crippen LogP contribution in [0.3, 0.4) is 0 Å². The molecule has 0 saturated carbocycles. The van der Waals surface area contributed by atoms with E-state index in [0.29, 0.717) is 48.3 Å². The predicted octanol–water partition coefficient (Wildman–Crippen LogP) is 7.88. The Morgan fingerprint density at radius 1 is 0.891 bits per heavy atom. The first-order valence-corrected chi connectivity index (χ1v) is 15.5. The number of anilines is 1. The van der Waals surface area contributed by atoms with Crippen LogP contribution in [0.4, 0.5) is 10.6 Å². The molecule has 3 aromatic carbocycles. The molecule has 10 heteroatoms. The maximum absolute atomic E-state index is 12.9. The molecular formula is C36H39N5O5. The van der Waals surface area contributed by atoms with Gasteiger partial charge in [0, 0.05) is 25.4 Å². The van der Waals surface area contributed by atoms with Crippen LogP contribution in [0.1, 0.15) is 39.2 Å². The molecule has 0 spiro atoms. The lowest BCUT2D eigenvalue weighted by atomic mass is 10.2. The number of rotatable bonds is 10. The van der Waals surface area contributed by atoms with Crippen molar-refractivity contribution in [2.24, 2.45) is 0 Å². The molecule has 1 saturated heterocycles. The van der Waals surface area contributed by atoms with E-state index >= 15 is 0 Å². The number of benzene rings is 3. The van der Waals surface area contributed by atoms with Crippen molar-refractivity contribution in [2.45, 2.75) is 51.8 Å². The summed E-state index contributed by atoms with van der Waals surface area (Å²) < 4.78 is 25.2. The van der Waals surface area contributed by atoms with Gasteiger partial charge in [0.1, 0.15) is 39.7 Å². The van der Waals surface area contributed by atoms with Gasteiger partial charge in [0.25, 0.3) is 0 Å². The van der Waals surface area contributed by atoms with Crippen molar-refractivity contribution in [1.29, 1.82) is 0 Å². The Morgan fingerprint density at radius 3 is 2.26 bits per heavy atom. The molecule has 10 nitrogen and oxygen atoms in total. The van der Waals surface area contributed by atoms with Crippen molar-refractivity contribution < 1.29 is 23.7 Å². The van der Waals surface area contributed by atoms with Crippen LogP contribution in [0.25, 0.3) is 11.0 Å². The summed E-state index contributed by atoms with van der Waals surface area (Å²) in [5, 5.41) is 9.23. The average molecular weight is 622 g/mol. The summed E-state index contributed by atoms with van der Waals surface area (Å²) in [4.78, 5) is 19.5. The van der Waals surface area contributed by atoms with Gasteiger partial charge in [-0.3, -0.25) is 0 Å². The number of amides is 1. The van der Waals surface area contributed by atoms with Gasteiger partial charge in [0.2, 0.25) is 0 Å². The summed E-state index contributed by atoms with van der Waals surface area (Å²) in [5.74, 6) is 4.15. The van der Waals surface area contributed by atoms with Crippen LogP contribution < -0.4 is 19.5 Å². The molecule has 2 aromatic heterocycles. The molecule has 3 heterocycles. The third-order valence-corrected chi connectivity index (χ3v) is 7.63. The third-order valence-electron chi connectivity index (χ3n) is 7.63. The maximum Gasteiger partial charge on any atom is 0.410 e. The summed E-state index contributed by atoms with van der Waals surface area (Å²) in [5.41, 5.74) is 1.17. The van der Waals surface area contributed by atoms with E-state index in [1.54, 1.807) is 13.3 Å². The van der Waals surface area contributed by atoms with Gasteiger partial charge in [0.05, 0.1) is 19.7 Å². The zero-order valence-corrected chi connectivity index (χ0v) is 26.6. The third kappa shape index (κ3) is 7.34. The number of nitrogens with zero attached hydrogens (tertiary/aromatic N) is 4. The second-order valence-corrected chi connectivity index (χ2v) is 12.2. The zero-order chi connectivity index (χ0) is 32.1. The molecule has 0 radical (unpaired) electrons. The fourth-order valence-corrected chi connectivity index (χ4v) is 5.44. The molecule has 0 aliphatic carbocycles. The van der Waals surface area contributed by atoms with E-state index in [4.69, 9.17) is 29.0 Å². The Bertz CT molecular complexity index is 1770. The highest BCUT2D eigenvalue weighted by Gasteiger charge is 2.32. The Hall–Kier alpha value is -5.25. The summed E-state index contributed by atoms with van der Waals surface area (Å²) in [6.45, 7) is 7.32. The molecule has 1 aliphatic heterocycles. The Labute approximate surface area is 268 Å². The monoisotopic (exact) mass is 621 g/mol. The fraction of sp³-hybridized carbons (Fsp3) is 0.306. The largest absolute Gasteiger partial charge is 0.497 e. The fourth-order valence-electron chi connectivity index (χ4n) is 5.44. The molecule has 1 fully saturated rings. The first kappa shape index (κ1) is 30.8. The van der Waals surface area contributed by atoms with Crippen LogP contribution in [0.15, 0.2) is 91.1 Å². The van der Waals surface area contributed by atoms with Gasteiger partial charge >= 0.3 is 6.09 Å². The smallest absolute Gasteiger partial charge is 0.410 e. The number of likely N-dealkylation sites (tertiary alicyclic amines) is 1. The number of hydrogen-bond acceptors (Lipinski definition) is 8. The minimum absolute atomic E-state index is 0.0326. The highest BCUT2D eigenvalue weighted by atomic mass is 16.6. The van der Waals surface area contributed by atoms with Crippen LogP contribution in [-0.4, -0.2) is 57.6 Å². The summed E-state index contributed by atoms with van der Waals surface area (Å²) in [6.07, 6.45) is 3.22. The van der Waals surface area contributed by atoms with Crippen molar-refractivity contribution in [3.63, 3.8) is 0 Å². The standard InChI is InChI=1S/C36H39N5O5/c1-36(2,3)46-35(42)40-22-8-9-26(40)23-38-33-32-31(45-30-18-16-29(17-19-30)44-28-10-6-5-7-11-28)20-21-37-34(32)41(39-33)24-25-12-14-27(43-4)15-13-25/h5-7,10-21,26H,8-9,22-24H2,1-4H3,(H,38,39). The van der Waals surface area contributed by atoms with E-state index in [9.17, 15) is 4.79 Å². The molecule has 5 aromatic rings. The number of hydrogen-bond donors (Lipinski definition) is 1. The number of para-hydroxylation sites is 1. The summed E-state index contributed by atoms with van der Waals surface area (Å²) in [7, 11) is 1.65. The van der Waals surface area contributed by atoms with Crippen molar-refractivity contribution in [2.75, 3.05) is 25.5 Å². The Kier molecular flexibility index (Phi) is 8.96. The van der Waals surface area contributed by atoms with Gasteiger partial charge < -0.3 is 29.2 Å². The van der Waals surface area contributed by atoms with Crippen LogP contribution in [0.5, 0.6) is 28.7 Å². The number of methoxy groups -OCH3 is 1. The van der Waals surface area contributed by atoms with Crippen molar-refractivity contribution in [3.8, 4) is 28.7 Å². The lowest BCUT2D eigenvalue weighted by Gasteiger charge is -2.28. The number of carbonyl (C=O) groups is 1. The highest BCUT2D eigenvalue weighted by molar-refractivity contribution is 5.93. The SMILES string of the molecule is COc1ccc(Cn2nc(NCC3CCCN3C(=O)OC(C)(C)C)c3c(Oc4ccc(Oc5ccccc5)cc4)ccnc32)cc1. The number of pyridine rings is 1. The van der Waals surface area contributed by atoms with Gasteiger partial charge in [-0.1, -0.05) is 30.3 Å². The van der Waals surface area contributed by atoms with E-state index in [0.717, 1.165) is 35.3 Å². The van der Waals surface area contributed by atoms with Gasteiger partial charge in [-0.25, -0.2) is 14.5 Å².